The Morgan fingerprint density at radius 2 is 1.23 bits per heavy atom. The number of hydrogen-bond donors (Lipinski definition) is 0. The Morgan fingerprint density at radius 1 is 0.538 bits per heavy atom. The molecule has 5 fully saturated rings. The number of rotatable bonds is 7. The molecule has 0 saturated heterocycles. The van der Waals surface area contributed by atoms with E-state index >= 15 is 0 Å². The molecular weight excluding hydrogens is 468 g/mol. The largest absolute Gasteiger partial charge is 0.0654 e. The highest BCUT2D eigenvalue weighted by molar-refractivity contribution is 4.96. The lowest BCUT2D eigenvalue weighted by molar-refractivity contribution is 0.00764. The van der Waals surface area contributed by atoms with Crippen LogP contribution in [0.2, 0.25) is 0 Å². The van der Waals surface area contributed by atoms with Gasteiger partial charge in [0.05, 0.1) is 0 Å². The maximum Gasteiger partial charge on any atom is -0.0324 e. The molecule has 5 saturated carbocycles. The van der Waals surface area contributed by atoms with Crippen LogP contribution in [-0.2, 0) is 0 Å². The Labute approximate surface area is 247 Å². The quantitative estimate of drug-likeness (QED) is 0.301. The molecule has 0 bridgehead atoms. The molecule has 5 rings (SSSR count). The van der Waals surface area contributed by atoms with Gasteiger partial charge in [-0.1, -0.05) is 137 Å². The van der Waals surface area contributed by atoms with E-state index in [4.69, 9.17) is 0 Å². The average Bonchev–Trinajstić information content (AvgIpc) is 3.62. The van der Waals surface area contributed by atoms with Crippen LogP contribution in [0.5, 0.6) is 0 Å². The van der Waals surface area contributed by atoms with Gasteiger partial charge in [0.25, 0.3) is 0 Å². The van der Waals surface area contributed by atoms with Crippen LogP contribution in [0.1, 0.15) is 182 Å². The van der Waals surface area contributed by atoms with Crippen LogP contribution in [0.15, 0.2) is 0 Å². The van der Waals surface area contributed by atoms with Crippen LogP contribution in [-0.4, -0.2) is 0 Å². The van der Waals surface area contributed by atoms with Gasteiger partial charge in [0.1, 0.15) is 0 Å². The molecule has 10 unspecified atom stereocenters. The summed E-state index contributed by atoms with van der Waals surface area (Å²) in [6.45, 7) is 12.3. The minimum absolute atomic E-state index is 1.01. The van der Waals surface area contributed by atoms with E-state index in [0.29, 0.717) is 0 Å². The molecule has 0 aliphatic heterocycles. The van der Waals surface area contributed by atoms with Gasteiger partial charge in [-0.25, -0.2) is 0 Å². The Morgan fingerprint density at radius 3 is 1.87 bits per heavy atom. The van der Waals surface area contributed by atoms with E-state index in [-0.39, 0.29) is 0 Å². The van der Waals surface area contributed by atoms with Gasteiger partial charge < -0.3 is 0 Å². The van der Waals surface area contributed by atoms with Crippen molar-refractivity contribution in [2.75, 3.05) is 0 Å². The third-order valence-electron chi connectivity index (χ3n) is 13.5. The summed E-state index contributed by atoms with van der Waals surface area (Å²) in [6.07, 6.45) is 35.0. The molecule has 0 amide bonds. The molecule has 0 aromatic rings. The van der Waals surface area contributed by atoms with Crippen molar-refractivity contribution in [1.82, 2.24) is 0 Å². The standard InChI is InChI=1S/C23H42.C16H30/c1-3-4-15-21-18(2)17-20-14-11-16-22(20)23(21)19-12-9-7-5-6-8-10-13-19;1-4-13-7-9-16(14(5-2)11-13)15-8-6-12(3)10-15/h18-23H,3-17H2,1-2H3;12-16H,4-11H2,1-3H3. The number of unbranched alkanes of at least 4 members (excludes halogenated alkanes) is 1. The summed E-state index contributed by atoms with van der Waals surface area (Å²) in [7, 11) is 0. The first kappa shape index (κ1) is 31.9. The molecule has 0 N–H and O–H groups in total. The first-order chi connectivity index (χ1) is 19.0. The monoisotopic (exact) mass is 541 g/mol. The molecule has 0 spiro atoms. The summed E-state index contributed by atoms with van der Waals surface area (Å²) in [4.78, 5) is 0. The highest BCUT2D eigenvalue weighted by atomic mass is 14.5. The fourth-order valence-corrected chi connectivity index (χ4v) is 11.4. The lowest BCUT2D eigenvalue weighted by atomic mass is 9.57. The second-order valence-electron chi connectivity index (χ2n) is 16.0. The minimum atomic E-state index is 1.01. The Balaban J connectivity index is 0.000000193. The molecular formula is C39H72. The van der Waals surface area contributed by atoms with Crippen LogP contribution >= 0.6 is 0 Å². The maximum atomic E-state index is 2.62. The number of fused-ring (bicyclic) bond motifs is 1. The van der Waals surface area contributed by atoms with Crippen molar-refractivity contribution in [1.29, 1.82) is 0 Å². The lowest BCUT2D eigenvalue weighted by Gasteiger charge is -2.48. The molecule has 0 aromatic carbocycles. The van der Waals surface area contributed by atoms with Gasteiger partial charge in [-0.2, -0.15) is 0 Å². The van der Waals surface area contributed by atoms with Crippen LogP contribution in [0.3, 0.4) is 0 Å². The van der Waals surface area contributed by atoms with E-state index in [0.717, 1.165) is 65.1 Å². The highest BCUT2D eigenvalue weighted by Crippen LogP contribution is 2.55. The van der Waals surface area contributed by atoms with Crippen molar-refractivity contribution in [2.24, 2.45) is 65.1 Å². The Bertz CT molecular complexity index is 640. The molecule has 0 aromatic heterocycles. The van der Waals surface area contributed by atoms with Crippen LogP contribution in [0.25, 0.3) is 0 Å². The SMILES string of the molecule is CCC1CCC(C2CCC(C)C2)C(CC)C1.CCCCC1C(C)CC2CCCC2C1C1CCCCCCCC1. The molecule has 0 heterocycles. The van der Waals surface area contributed by atoms with Gasteiger partial charge >= 0.3 is 0 Å². The molecule has 5 aliphatic carbocycles. The number of hydrogen-bond acceptors (Lipinski definition) is 0. The predicted octanol–water partition coefficient (Wildman–Crippen LogP) is 12.9. The van der Waals surface area contributed by atoms with E-state index in [1.807, 2.05) is 0 Å². The Kier molecular flexibility index (Phi) is 13.6. The van der Waals surface area contributed by atoms with Crippen molar-refractivity contribution in [3.8, 4) is 0 Å². The maximum absolute atomic E-state index is 2.62. The van der Waals surface area contributed by atoms with Crippen LogP contribution < -0.4 is 0 Å². The smallest absolute Gasteiger partial charge is 0.0324 e. The zero-order valence-electron chi connectivity index (χ0n) is 27.6. The second-order valence-corrected chi connectivity index (χ2v) is 16.0. The molecule has 0 nitrogen and oxygen atoms in total. The summed E-state index contributed by atoms with van der Waals surface area (Å²) in [6, 6.07) is 0. The van der Waals surface area contributed by atoms with Crippen molar-refractivity contribution in [3.05, 3.63) is 0 Å². The average molecular weight is 541 g/mol. The molecule has 39 heavy (non-hydrogen) atoms. The van der Waals surface area contributed by atoms with Gasteiger partial charge in [0, 0.05) is 0 Å². The first-order valence-electron chi connectivity index (χ1n) is 19.0. The first-order valence-corrected chi connectivity index (χ1v) is 19.0. The molecule has 228 valence electrons. The molecule has 0 radical (unpaired) electrons. The summed E-state index contributed by atoms with van der Waals surface area (Å²) < 4.78 is 0. The highest BCUT2D eigenvalue weighted by Gasteiger charge is 2.47. The van der Waals surface area contributed by atoms with Crippen molar-refractivity contribution >= 4 is 0 Å². The van der Waals surface area contributed by atoms with Crippen LogP contribution in [0.4, 0.5) is 0 Å². The fraction of sp³-hybridized carbons (Fsp3) is 1.00. The van der Waals surface area contributed by atoms with E-state index in [1.165, 1.54) is 83.5 Å². The summed E-state index contributed by atoms with van der Waals surface area (Å²) >= 11 is 0. The van der Waals surface area contributed by atoms with Gasteiger partial charge in [-0.15, -0.1) is 0 Å². The zero-order valence-corrected chi connectivity index (χ0v) is 27.6. The van der Waals surface area contributed by atoms with Gasteiger partial charge in [-0.05, 0) is 110 Å². The van der Waals surface area contributed by atoms with Crippen molar-refractivity contribution < 1.29 is 0 Å². The van der Waals surface area contributed by atoms with Crippen molar-refractivity contribution in [3.63, 3.8) is 0 Å². The fourth-order valence-electron chi connectivity index (χ4n) is 11.4. The van der Waals surface area contributed by atoms with E-state index in [9.17, 15) is 0 Å². The van der Waals surface area contributed by atoms with Crippen molar-refractivity contribution in [2.45, 2.75) is 182 Å². The minimum Gasteiger partial charge on any atom is -0.0654 e. The van der Waals surface area contributed by atoms with Crippen LogP contribution in [0, 0.1) is 65.1 Å². The second kappa shape index (κ2) is 16.6. The third kappa shape index (κ3) is 8.76. The predicted molar refractivity (Wildman–Crippen MR) is 173 cm³/mol. The summed E-state index contributed by atoms with van der Waals surface area (Å²) in [5.74, 6) is 11.8. The third-order valence-corrected chi connectivity index (χ3v) is 13.5. The van der Waals surface area contributed by atoms with Gasteiger partial charge in [-0.3, -0.25) is 0 Å². The Hall–Kier alpha value is 0. The van der Waals surface area contributed by atoms with E-state index < -0.39 is 0 Å². The molecule has 5 aliphatic rings. The normalized spacial score (nSPS) is 42.1. The lowest BCUT2D eigenvalue weighted by Crippen LogP contribution is -2.41. The zero-order chi connectivity index (χ0) is 27.6. The summed E-state index contributed by atoms with van der Waals surface area (Å²) in [5.41, 5.74) is 0. The van der Waals surface area contributed by atoms with E-state index in [1.54, 1.807) is 64.2 Å². The van der Waals surface area contributed by atoms with Gasteiger partial charge in [0.2, 0.25) is 0 Å². The van der Waals surface area contributed by atoms with Gasteiger partial charge in [0.15, 0.2) is 0 Å². The molecule has 0 heteroatoms. The summed E-state index contributed by atoms with van der Waals surface area (Å²) in [5, 5.41) is 0. The van der Waals surface area contributed by atoms with E-state index in [2.05, 4.69) is 34.6 Å². The molecule has 10 atom stereocenters. The topological polar surface area (TPSA) is 0 Å².